The molecule has 0 bridgehead atoms. The number of ketones is 1. The van der Waals surface area contributed by atoms with Crippen molar-refractivity contribution in [3.8, 4) is 0 Å². The number of rotatable bonds is 4. The lowest BCUT2D eigenvalue weighted by molar-refractivity contribution is -0.120. The van der Waals surface area contributed by atoms with E-state index in [2.05, 4.69) is 4.90 Å². The third-order valence-electron chi connectivity index (χ3n) is 2.29. The van der Waals surface area contributed by atoms with Crippen molar-refractivity contribution in [1.29, 1.82) is 0 Å². The standard InChI is InChI=1S/C9H18N2O2/c1-8(10)9(12)2-3-11-4-6-13-7-5-11/h8H,2-7,10H2,1H3. The van der Waals surface area contributed by atoms with Gasteiger partial charge in [-0.25, -0.2) is 0 Å². The van der Waals surface area contributed by atoms with Gasteiger partial charge in [-0.05, 0) is 6.92 Å². The summed E-state index contributed by atoms with van der Waals surface area (Å²) in [6, 6.07) is -0.318. The van der Waals surface area contributed by atoms with Crippen molar-refractivity contribution in [3.05, 3.63) is 0 Å². The first-order valence-electron chi connectivity index (χ1n) is 4.78. The summed E-state index contributed by atoms with van der Waals surface area (Å²) in [6.07, 6.45) is 0.567. The van der Waals surface area contributed by atoms with Crippen molar-refractivity contribution in [2.24, 2.45) is 5.73 Å². The van der Waals surface area contributed by atoms with Crippen LogP contribution in [0.1, 0.15) is 13.3 Å². The second-order valence-corrected chi connectivity index (χ2v) is 3.46. The molecule has 0 aromatic rings. The zero-order valence-corrected chi connectivity index (χ0v) is 8.16. The van der Waals surface area contributed by atoms with E-state index in [1.807, 2.05) is 0 Å². The minimum absolute atomic E-state index is 0.145. The molecule has 1 rings (SSSR count). The molecule has 4 nitrogen and oxygen atoms in total. The maximum Gasteiger partial charge on any atom is 0.150 e. The first-order chi connectivity index (χ1) is 6.20. The minimum atomic E-state index is -0.318. The molecular formula is C9H18N2O2. The molecule has 0 aromatic heterocycles. The molecule has 0 aromatic carbocycles. The fraction of sp³-hybridized carbons (Fsp3) is 0.889. The molecule has 76 valence electrons. The Morgan fingerprint density at radius 3 is 2.69 bits per heavy atom. The van der Waals surface area contributed by atoms with Gasteiger partial charge in [-0.1, -0.05) is 0 Å². The lowest BCUT2D eigenvalue weighted by Crippen LogP contribution is -2.39. The Bertz CT molecular complexity index is 165. The molecule has 1 fully saturated rings. The molecule has 2 N–H and O–H groups in total. The van der Waals surface area contributed by atoms with Crippen LogP contribution in [-0.4, -0.2) is 49.6 Å². The van der Waals surface area contributed by atoms with E-state index in [0.29, 0.717) is 6.42 Å². The van der Waals surface area contributed by atoms with Gasteiger partial charge in [-0.3, -0.25) is 9.69 Å². The van der Waals surface area contributed by atoms with Crippen LogP contribution < -0.4 is 5.73 Å². The van der Waals surface area contributed by atoms with Crippen molar-refractivity contribution in [3.63, 3.8) is 0 Å². The van der Waals surface area contributed by atoms with Gasteiger partial charge in [0.1, 0.15) is 0 Å². The summed E-state index contributed by atoms with van der Waals surface area (Å²) in [5.41, 5.74) is 5.46. The van der Waals surface area contributed by atoms with Gasteiger partial charge in [-0.2, -0.15) is 0 Å². The van der Waals surface area contributed by atoms with Crippen LogP contribution in [0.5, 0.6) is 0 Å². The van der Waals surface area contributed by atoms with Gasteiger partial charge in [0.2, 0.25) is 0 Å². The van der Waals surface area contributed by atoms with E-state index in [0.717, 1.165) is 32.8 Å². The quantitative estimate of drug-likeness (QED) is 0.650. The largest absolute Gasteiger partial charge is 0.379 e. The van der Waals surface area contributed by atoms with Crippen LogP contribution in [0.3, 0.4) is 0 Å². The summed E-state index contributed by atoms with van der Waals surface area (Å²) in [4.78, 5) is 13.4. The third kappa shape index (κ3) is 3.85. The van der Waals surface area contributed by atoms with E-state index in [4.69, 9.17) is 10.5 Å². The molecule has 1 saturated heterocycles. The van der Waals surface area contributed by atoms with E-state index in [1.54, 1.807) is 6.92 Å². The number of Topliss-reactive ketones (excluding diaryl/α,β-unsaturated/α-hetero) is 1. The number of hydrogen-bond acceptors (Lipinski definition) is 4. The van der Waals surface area contributed by atoms with E-state index in [-0.39, 0.29) is 11.8 Å². The number of carbonyl (C=O) groups is 1. The predicted octanol–water partition coefficient (Wildman–Crippen LogP) is -0.375. The molecular weight excluding hydrogens is 168 g/mol. The lowest BCUT2D eigenvalue weighted by Gasteiger charge is -2.26. The number of carbonyl (C=O) groups excluding carboxylic acids is 1. The summed E-state index contributed by atoms with van der Waals surface area (Å²) in [6.45, 7) is 6.00. The molecule has 0 spiro atoms. The number of hydrogen-bond donors (Lipinski definition) is 1. The van der Waals surface area contributed by atoms with Crippen LogP contribution in [0.4, 0.5) is 0 Å². The highest BCUT2D eigenvalue weighted by Crippen LogP contribution is 1.99. The first kappa shape index (κ1) is 10.6. The molecule has 1 aliphatic heterocycles. The summed E-state index contributed by atoms with van der Waals surface area (Å²) < 4.78 is 5.20. The smallest absolute Gasteiger partial charge is 0.150 e. The highest BCUT2D eigenvalue weighted by atomic mass is 16.5. The monoisotopic (exact) mass is 186 g/mol. The molecule has 13 heavy (non-hydrogen) atoms. The molecule has 4 heteroatoms. The predicted molar refractivity (Wildman–Crippen MR) is 50.5 cm³/mol. The zero-order valence-electron chi connectivity index (χ0n) is 8.16. The van der Waals surface area contributed by atoms with Gasteiger partial charge < -0.3 is 10.5 Å². The molecule has 1 heterocycles. The van der Waals surface area contributed by atoms with Gasteiger partial charge in [0, 0.05) is 26.1 Å². The molecule has 1 atom stereocenters. The Kier molecular flexibility index (Phi) is 4.35. The highest BCUT2D eigenvalue weighted by Gasteiger charge is 2.13. The number of nitrogens with zero attached hydrogens (tertiary/aromatic N) is 1. The van der Waals surface area contributed by atoms with Gasteiger partial charge in [-0.15, -0.1) is 0 Å². The van der Waals surface area contributed by atoms with Crippen molar-refractivity contribution >= 4 is 5.78 Å². The minimum Gasteiger partial charge on any atom is -0.379 e. The molecule has 1 unspecified atom stereocenters. The number of morpholine rings is 1. The van der Waals surface area contributed by atoms with Crippen molar-refractivity contribution in [2.75, 3.05) is 32.8 Å². The molecule has 0 radical (unpaired) electrons. The number of nitrogens with two attached hydrogens (primary N) is 1. The Labute approximate surface area is 79.0 Å². The third-order valence-corrected chi connectivity index (χ3v) is 2.29. The Hall–Kier alpha value is -0.450. The maximum absolute atomic E-state index is 11.2. The second-order valence-electron chi connectivity index (χ2n) is 3.46. The first-order valence-corrected chi connectivity index (χ1v) is 4.78. The summed E-state index contributed by atoms with van der Waals surface area (Å²) in [7, 11) is 0. The van der Waals surface area contributed by atoms with Crippen molar-refractivity contribution in [2.45, 2.75) is 19.4 Å². The average molecular weight is 186 g/mol. The van der Waals surface area contributed by atoms with Crippen molar-refractivity contribution in [1.82, 2.24) is 4.90 Å². The van der Waals surface area contributed by atoms with Gasteiger partial charge in [0.05, 0.1) is 19.3 Å². The molecule has 0 saturated carbocycles. The van der Waals surface area contributed by atoms with Crippen LogP contribution in [0, 0.1) is 0 Å². The SMILES string of the molecule is CC(N)C(=O)CCN1CCOCC1. The average Bonchev–Trinajstić information content (AvgIpc) is 2.15. The Balaban J connectivity index is 2.13. The fourth-order valence-corrected chi connectivity index (χ4v) is 1.32. The van der Waals surface area contributed by atoms with Crippen LogP contribution in [-0.2, 0) is 9.53 Å². The normalized spacial score (nSPS) is 21.4. The molecule has 0 amide bonds. The van der Waals surface area contributed by atoms with E-state index in [9.17, 15) is 4.79 Å². The number of ether oxygens (including phenoxy) is 1. The lowest BCUT2D eigenvalue weighted by atomic mass is 10.1. The van der Waals surface area contributed by atoms with Crippen molar-refractivity contribution < 1.29 is 9.53 Å². The second kappa shape index (κ2) is 5.32. The zero-order chi connectivity index (χ0) is 9.68. The fourth-order valence-electron chi connectivity index (χ4n) is 1.32. The maximum atomic E-state index is 11.2. The summed E-state index contributed by atoms with van der Waals surface area (Å²) in [5, 5.41) is 0. The highest BCUT2D eigenvalue weighted by molar-refractivity contribution is 5.83. The molecule has 0 aliphatic carbocycles. The van der Waals surface area contributed by atoms with Crippen LogP contribution in [0.15, 0.2) is 0 Å². The van der Waals surface area contributed by atoms with Gasteiger partial charge >= 0.3 is 0 Å². The summed E-state index contributed by atoms with van der Waals surface area (Å²) in [5.74, 6) is 0.145. The van der Waals surface area contributed by atoms with E-state index < -0.39 is 0 Å². The van der Waals surface area contributed by atoms with Crippen LogP contribution in [0.25, 0.3) is 0 Å². The molecule has 1 aliphatic rings. The van der Waals surface area contributed by atoms with Crippen LogP contribution in [0.2, 0.25) is 0 Å². The van der Waals surface area contributed by atoms with E-state index >= 15 is 0 Å². The topological polar surface area (TPSA) is 55.6 Å². The Morgan fingerprint density at radius 1 is 1.54 bits per heavy atom. The van der Waals surface area contributed by atoms with Crippen LogP contribution >= 0.6 is 0 Å². The van der Waals surface area contributed by atoms with Gasteiger partial charge in [0.15, 0.2) is 5.78 Å². The van der Waals surface area contributed by atoms with E-state index in [1.165, 1.54) is 0 Å². The Morgan fingerprint density at radius 2 is 2.15 bits per heavy atom. The summed E-state index contributed by atoms with van der Waals surface area (Å²) >= 11 is 0. The van der Waals surface area contributed by atoms with Gasteiger partial charge in [0.25, 0.3) is 0 Å².